The average Bonchev–Trinajstić information content (AvgIpc) is 2.90. The highest BCUT2D eigenvalue weighted by Gasteiger charge is 2.01. The van der Waals surface area contributed by atoms with E-state index in [-0.39, 0.29) is 0 Å². The summed E-state index contributed by atoms with van der Waals surface area (Å²) in [6, 6.07) is 0. The molecular formula is C36H64O. The zero-order valence-corrected chi connectivity index (χ0v) is 25.2. The van der Waals surface area contributed by atoms with E-state index < -0.39 is 0 Å². The molecule has 0 amide bonds. The van der Waals surface area contributed by atoms with Crippen LogP contribution in [0.25, 0.3) is 0 Å². The summed E-state index contributed by atoms with van der Waals surface area (Å²) < 4.78 is 0. The number of unbranched alkanes of at least 4 members (excludes halogenated alkanes) is 17. The minimum absolute atomic E-state index is 0.481. The minimum atomic E-state index is 0.481. The molecule has 0 aliphatic carbocycles. The number of hydrogen-bond donors (Lipinski definition) is 0. The fraction of sp³-hybridized carbons (Fsp3) is 0.750. The van der Waals surface area contributed by atoms with Crippen LogP contribution in [-0.2, 0) is 4.79 Å². The summed E-state index contributed by atoms with van der Waals surface area (Å²) in [7, 11) is 0. The van der Waals surface area contributed by atoms with Gasteiger partial charge in [-0.1, -0.05) is 101 Å². The number of carbonyl (C=O) groups excluding carboxylic acids is 1. The molecule has 1 nitrogen and oxygen atoms in total. The topological polar surface area (TPSA) is 17.1 Å². The highest BCUT2D eigenvalue weighted by atomic mass is 16.1. The second-order valence-electron chi connectivity index (χ2n) is 10.8. The van der Waals surface area contributed by atoms with Gasteiger partial charge in [-0.15, -0.1) is 0 Å². The van der Waals surface area contributed by atoms with Crippen molar-refractivity contribution in [3.63, 3.8) is 0 Å². The summed E-state index contributed by atoms with van der Waals surface area (Å²) in [5.74, 6) is 0.481. The number of allylic oxidation sites excluding steroid dienone is 8. The zero-order valence-electron chi connectivity index (χ0n) is 25.2. The Labute approximate surface area is 233 Å². The van der Waals surface area contributed by atoms with Crippen molar-refractivity contribution in [3.8, 4) is 0 Å². The molecule has 0 saturated heterocycles. The predicted octanol–water partition coefficient (Wildman–Crippen LogP) is 12.6. The lowest BCUT2D eigenvalue weighted by Crippen LogP contribution is -1.97. The predicted molar refractivity (Wildman–Crippen MR) is 168 cm³/mol. The van der Waals surface area contributed by atoms with E-state index >= 15 is 0 Å². The maximum atomic E-state index is 12.1. The Kier molecular flexibility index (Phi) is 31.4. The molecule has 0 aliphatic heterocycles. The van der Waals surface area contributed by atoms with Crippen LogP contribution >= 0.6 is 0 Å². The number of carbonyl (C=O) groups is 1. The van der Waals surface area contributed by atoms with Crippen LogP contribution in [0.3, 0.4) is 0 Å². The van der Waals surface area contributed by atoms with Crippen molar-refractivity contribution in [2.45, 2.75) is 174 Å². The van der Waals surface area contributed by atoms with Crippen molar-refractivity contribution >= 4 is 5.78 Å². The summed E-state index contributed by atoms with van der Waals surface area (Å²) >= 11 is 0. The molecule has 0 unspecified atom stereocenters. The molecule has 0 aromatic rings. The number of hydrogen-bond acceptors (Lipinski definition) is 1. The Morgan fingerprint density at radius 2 is 0.622 bits per heavy atom. The molecule has 37 heavy (non-hydrogen) atoms. The van der Waals surface area contributed by atoms with Crippen molar-refractivity contribution in [3.05, 3.63) is 48.6 Å². The molecule has 0 bridgehead atoms. The standard InChI is InChI=1S/C36H64O/c1-3-5-7-9-11-13-15-17-19-21-23-25-27-29-31-33-35-36(37)34-32-30-28-26-24-22-20-18-16-14-12-10-8-6-4-2/h10-13,22-25H,3-9,14-21,26-35H2,1-2H3/b12-10-,13-11-,24-22-,25-23-. The molecule has 214 valence electrons. The first-order valence-electron chi connectivity index (χ1n) is 16.4. The summed E-state index contributed by atoms with van der Waals surface area (Å²) in [4.78, 5) is 12.1. The first kappa shape index (κ1) is 35.6. The van der Waals surface area contributed by atoms with Crippen LogP contribution in [0.4, 0.5) is 0 Å². The lowest BCUT2D eigenvalue weighted by atomic mass is 10.0. The van der Waals surface area contributed by atoms with Gasteiger partial charge in [-0.05, 0) is 109 Å². The second-order valence-corrected chi connectivity index (χ2v) is 10.8. The summed E-state index contributed by atoms with van der Waals surface area (Å²) in [6.07, 6.45) is 49.1. The monoisotopic (exact) mass is 512 g/mol. The molecule has 0 heterocycles. The van der Waals surface area contributed by atoms with Gasteiger partial charge in [0, 0.05) is 12.8 Å². The molecule has 0 spiro atoms. The third-order valence-electron chi connectivity index (χ3n) is 7.00. The molecule has 0 aromatic heterocycles. The first-order valence-corrected chi connectivity index (χ1v) is 16.4. The maximum Gasteiger partial charge on any atom is 0.132 e. The molecule has 0 rings (SSSR count). The zero-order chi connectivity index (χ0) is 26.9. The largest absolute Gasteiger partial charge is 0.300 e. The van der Waals surface area contributed by atoms with Gasteiger partial charge in [0.25, 0.3) is 0 Å². The maximum absolute atomic E-state index is 12.1. The molecule has 0 aromatic carbocycles. The van der Waals surface area contributed by atoms with E-state index in [0.717, 1.165) is 25.7 Å². The van der Waals surface area contributed by atoms with Crippen LogP contribution in [0.1, 0.15) is 174 Å². The van der Waals surface area contributed by atoms with E-state index in [1.165, 1.54) is 135 Å². The third-order valence-corrected chi connectivity index (χ3v) is 7.00. The highest BCUT2D eigenvalue weighted by molar-refractivity contribution is 5.78. The Hall–Kier alpha value is -1.37. The van der Waals surface area contributed by atoms with Crippen molar-refractivity contribution in [2.24, 2.45) is 0 Å². The van der Waals surface area contributed by atoms with Crippen molar-refractivity contribution < 1.29 is 4.79 Å². The fourth-order valence-corrected chi connectivity index (χ4v) is 4.47. The normalized spacial score (nSPS) is 12.3. The quantitative estimate of drug-likeness (QED) is 0.0719. The van der Waals surface area contributed by atoms with Crippen LogP contribution < -0.4 is 0 Å². The van der Waals surface area contributed by atoms with Gasteiger partial charge in [0.2, 0.25) is 0 Å². The van der Waals surface area contributed by atoms with Crippen molar-refractivity contribution in [1.29, 1.82) is 0 Å². The van der Waals surface area contributed by atoms with E-state index in [0.29, 0.717) is 5.78 Å². The van der Waals surface area contributed by atoms with Gasteiger partial charge in [0.05, 0.1) is 0 Å². The van der Waals surface area contributed by atoms with Gasteiger partial charge in [-0.2, -0.15) is 0 Å². The van der Waals surface area contributed by atoms with E-state index in [9.17, 15) is 4.79 Å². The first-order chi connectivity index (χ1) is 18.3. The second kappa shape index (κ2) is 32.7. The molecule has 0 saturated carbocycles. The SMILES string of the molecule is CCCC/C=C\CCCC/C=C\CCCCCC(=O)CCCCC/C=C\CCCC/C=C\CCCCC. The van der Waals surface area contributed by atoms with E-state index in [1.807, 2.05) is 0 Å². The molecule has 0 aliphatic rings. The fourth-order valence-electron chi connectivity index (χ4n) is 4.47. The van der Waals surface area contributed by atoms with Crippen LogP contribution in [0, 0.1) is 0 Å². The molecule has 0 N–H and O–H groups in total. The van der Waals surface area contributed by atoms with Crippen LogP contribution in [-0.4, -0.2) is 5.78 Å². The lowest BCUT2D eigenvalue weighted by Gasteiger charge is -2.01. The minimum Gasteiger partial charge on any atom is -0.300 e. The summed E-state index contributed by atoms with van der Waals surface area (Å²) in [5.41, 5.74) is 0. The van der Waals surface area contributed by atoms with Gasteiger partial charge in [0.15, 0.2) is 0 Å². The average molecular weight is 513 g/mol. The molecule has 1 heteroatoms. The number of ketones is 1. The molecule has 0 radical (unpaired) electrons. The third kappa shape index (κ3) is 32.6. The number of Topliss-reactive ketones (excluding diaryl/α,β-unsaturated/α-hetero) is 1. The van der Waals surface area contributed by atoms with Gasteiger partial charge < -0.3 is 0 Å². The smallest absolute Gasteiger partial charge is 0.132 e. The van der Waals surface area contributed by atoms with Crippen LogP contribution in [0.5, 0.6) is 0 Å². The van der Waals surface area contributed by atoms with Crippen LogP contribution in [0.2, 0.25) is 0 Å². The molecular weight excluding hydrogens is 448 g/mol. The highest BCUT2D eigenvalue weighted by Crippen LogP contribution is 2.11. The molecule has 0 atom stereocenters. The van der Waals surface area contributed by atoms with E-state index in [4.69, 9.17) is 0 Å². The van der Waals surface area contributed by atoms with E-state index in [1.54, 1.807) is 0 Å². The number of rotatable bonds is 29. The van der Waals surface area contributed by atoms with Gasteiger partial charge in [-0.3, -0.25) is 4.79 Å². The van der Waals surface area contributed by atoms with E-state index in [2.05, 4.69) is 62.5 Å². The van der Waals surface area contributed by atoms with Gasteiger partial charge in [-0.25, -0.2) is 0 Å². The summed E-state index contributed by atoms with van der Waals surface area (Å²) in [6.45, 7) is 4.51. The lowest BCUT2D eigenvalue weighted by molar-refractivity contribution is -0.119. The Bertz CT molecular complexity index is 565. The molecule has 0 fully saturated rings. The Morgan fingerprint density at radius 1 is 0.351 bits per heavy atom. The van der Waals surface area contributed by atoms with Crippen molar-refractivity contribution in [2.75, 3.05) is 0 Å². The Balaban J connectivity index is 3.32. The summed E-state index contributed by atoms with van der Waals surface area (Å²) in [5, 5.41) is 0. The van der Waals surface area contributed by atoms with Gasteiger partial charge >= 0.3 is 0 Å². The van der Waals surface area contributed by atoms with Crippen LogP contribution in [0.15, 0.2) is 48.6 Å². The Morgan fingerprint density at radius 3 is 0.946 bits per heavy atom. The van der Waals surface area contributed by atoms with Crippen molar-refractivity contribution in [1.82, 2.24) is 0 Å². The van der Waals surface area contributed by atoms with Gasteiger partial charge in [0.1, 0.15) is 5.78 Å².